The molecule has 1 unspecified atom stereocenters. The maximum Gasteiger partial charge on any atom is 0.303 e. The zero-order valence-electron chi connectivity index (χ0n) is 19.0. The summed E-state index contributed by atoms with van der Waals surface area (Å²) < 4.78 is 53.4. The third-order valence-electron chi connectivity index (χ3n) is 5.80. The van der Waals surface area contributed by atoms with E-state index in [1.807, 2.05) is 30.3 Å². The molecular weight excluding hydrogens is 483 g/mol. The highest BCUT2D eigenvalue weighted by atomic mass is 32.2. The summed E-state index contributed by atoms with van der Waals surface area (Å²) in [6, 6.07) is 11.0. The van der Waals surface area contributed by atoms with Crippen molar-refractivity contribution < 1.29 is 32.2 Å². The van der Waals surface area contributed by atoms with E-state index >= 15 is 0 Å². The maximum atomic E-state index is 13.7. The average Bonchev–Trinajstić information content (AvgIpc) is 3.31. The standard InChI is InChI=1S/C24H24F3N3O4S/c1-14(31)33-13-22-24(34-15(2)32)21(8-9-35(22)17-6-4-3-5-7-17)30-12-20(28-29-30)16-10-18(25)23(27)19(26)11-16/h3-7,10-12,21-22,24,35H,8-9,13H2,1-2H3/t21-,22-,24-/m1/s1. The first-order valence-electron chi connectivity index (χ1n) is 10.9. The van der Waals surface area contributed by atoms with Gasteiger partial charge in [-0.3, -0.25) is 9.59 Å². The number of carbonyl (C=O) groups excluding carboxylic acids is 2. The molecule has 0 amide bonds. The number of aromatic nitrogens is 3. The van der Waals surface area contributed by atoms with Crippen LogP contribution >= 0.6 is 10.9 Å². The van der Waals surface area contributed by atoms with Gasteiger partial charge in [-0.25, -0.2) is 28.7 Å². The Morgan fingerprint density at radius 3 is 2.40 bits per heavy atom. The van der Waals surface area contributed by atoms with Gasteiger partial charge in [0, 0.05) is 19.4 Å². The van der Waals surface area contributed by atoms with Gasteiger partial charge in [-0.2, -0.15) is 0 Å². The average molecular weight is 508 g/mol. The lowest BCUT2D eigenvalue weighted by Gasteiger charge is -2.44. The second-order valence-corrected chi connectivity index (χ2v) is 10.7. The molecule has 1 aliphatic heterocycles. The minimum atomic E-state index is -1.56. The molecule has 186 valence electrons. The van der Waals surface area contributed by atoms with E-state index in [9.17, 15) is 22.8 Å². The van der Waals surface area contributed by atoms with Gasteiger partial charge in [0.1, 0.15) is 18.4 Å². The zero-order valence-corrected chi connectivity index (χ0v) is 19.9. The van der Waals surface area contributed by atoms with E-state index in [1.165, 1.54) is 24.7 Å². The molecule has 0 bridgehead atoms. The summed E-state index contributed by atoms with van der Waals surface area (Å²) in [4.78, 5) is 24.8. The largest absolute Gasteiger partial charge is 0.465 e. The third kappa shape index (κ3) is 5.50. The Morgan fingerprint density at radius 2 is 1.77 bits per heavy atom. The molecule has 1 aliphatic rings. The van der Waals surface area contributed by atoms with Gasteiger partial charge in [-0.05, 0) is 29.2 Å². The Balaban J connectivity index is 1.69. The second kappa shape index (κ2) is 10.5. The predicted molar refractivity (Wildman–Crippen MR) is 124 cm³/mol. The van der Waals surface area contributed by atoms with E-state index in [-0.39, 0.29) is 23.1 Å². The van der Waals surface area contributed by atoms with E-state index in [0.29, 0.717) is 6.42 Å². The lowest BCUT2D eigenvalue weighted by atomic mass is 10.0. The molecule has 1 saturated heterocycles. The van der Waals surface area contributed by atoms with Crippen LogP contribution < -0.4 is 0 Å². The second-order valence-electron chi connectivity index (χ2n) is 8.17. The summed E-state index contributed by atoms with van der Waals surface area (Å²) >= 11 is 0. The van der Waals surface area contributed by atoms with Crippen LogP contribution in [-0.4, -0.2) is 50.6 Å². The molecular formula is C24H24F3N3O4S. The van der Waals surface area contributed by atoms with Gasteiger partial charge in [0.05, 0.1) is 17.5 Å². The van der Waals surface area contributed by atoms with E-state index in [1.54, 1.807) is 0 Å². The van der Waals surface area contributed by atoms with Crippen LogP contribution in [0.3, 0.4) is 0 Å². The van der Waals surface area contributed by atoms with E-state index in [2.05, 4.69) is 10.3 Å². The van der Waals surface area contributed by atoms with Crippen LogP contribution in [0.2, 0.25) is 0 Å². The summed E-state index contributed by atoms with van der Waals surface area (Å²) in [6.07, 6.45) is 1.36. The van der Waals surface area contributed by atoms with Gasteiger partial charge < -0.3 is 9.47 Å². The van der Waals surface area contributed by atoms with Gasteiger partial charge in [0.2, 0.25) is 0 Å². The van der Waals surface area contributed by atoms with Crippen LogP contribution in [0.1, 0.15) is 26.3 Å². The Hall–Kier alpha value is -3.34. The first-order chi connectivity index (χ1) is 16.7. The Kier molecular flexibility index (Phi) is 7.44. The molecule has 2 heterocycles. The number of rotatable bonds is 6. The van der Waals surface area contributed by atoms with Crippen LogP contribution in [-0.2, 0) is 19.1 Å². The predicted octanol–water partition coefficient (Wildman–Crippen LogP) is 4.23. The fourth-order valence-corrected chi connectivity index (χ4v) is 7.21. The number of hydrogen-bond donors (Lipinski definition) is 1. The molecule has 11 heteroatoms. The van der Waals surface area contributed by atoms with Crippen LogP contribution in [0, 0.1) is 17.5 Å². The normalized spacial score (nSPS) is 23.0. The highest BCUT2D eigenvalue weighted by Gasteiger charge is 2.43. The first-order valence-corrected chi connectivity index (χ1v) is 12.5. The molecule has 2 aromatic carbocycles. The summed E-state index contributed by atoms with van der Waals surface area (Å²) in [5.41, 5.74) is 0.160. The molecule has 0 saturated carbocycles. The molecule has 0 spiro atoms. The molecule has 7 nitrogen and oxygen atoms in total. The van der Waals surface area contributed by atoms with Crippen LogP contribution in [0.5, 0.6) is 0 Å². The zero-order chi connectivity index (χ0) is 25.1. The number of nitrogens with zero attached hydrogens (tertiary/aromatic N) is 3. The van der Waals surface area contributed by atoms with Crippen LogP contribution in [0.15, 0.2) is 53.6 Å². The topological polar surface area (TPSA) is 83.3 Å². The van der Waals surface area contributed by atoms with Crippen molar-refractivity contribution >= 4 is 22.8 Å². The summed E-state index contributed by atoms with van der Waals surface area (Å²) in [6.45, 7) is 2.67. The number of carbonyl (C=O) groups is 2. The first kappa shape index (κ1) is 24.8. The van der Waals surface area contributed by atoms with E-state index in [4.69, 9.17) is 9.47 Å². The lowest BCUT2D eigenvalue weighted by molar-refractivity contribution is -0.151. The van der Waals surface area contributed by atoms with Crippen molar-refractivity contribution in [3.8, 4) is 11.3 Å². The van der Waals surface area contributed by atoms with Crippen molar-refractivity contribution in [3.05, 3.63) is 66.1 Å². The fourth-order valence-electron chi connectivity index (χ4n) is 4.27. The number of ether oxygens (including phenoxy) is 2. The molecule has 0 radical (unpaired) electrons. The van der Waals surface area contributed by atoms with Crippen molar-refractivity contribution in [2.45, 2.75) is 42.6 Å². The Labute approximate surface area is 202 Å². The van der Waals surface area contributed by atoms with Crippen LogP contribution in [0.4, 0.5) is 13.2 Å². The maximum absolute atomic E-state index is 13.7. The highest BCUT2D eigenvalue weighted by Crippen LogP contribution is 2.50. The van der Waals surface area contributed by atoms with Crippen molar-refractivity contribution in [1.29, 1.82) is 0 Å². The number of thiol groups is 1. The molecule has 1 aromatic heterocycles. The summed E-state index contributed by atoms with van der Waals surface area (Å²) in [5, 5.41) is 7.81. The quantitative estimate of drug-likeness (QED) is 0.306. The Bertz CT molecular complexity index is 1200. The van der Waals surface area contributed by atoms with Gasteiger partial charge in [-0.1, -0.05) is 35.5 Å². The molecule has 35 heavy (non-hydrogen) atoms. The van der Waals surface area contributed by atoms with Crippen molar-refractivity contribution in [3.63, 3.8) is 0 Å². The molecule has 0 N–H and O–H groups in total. The number of halogens is 3. The SMILES string of the molecule is CC(=O)OC[C@@H]1[C@H](OC(C)=O)[C@H](n2cc(-c3cc(F)c(F)c(F)c3)nn2)CC[SH]1c1ccccc1. The van der Waals surface area contributed by atoms with Crippen molar-refractivity contribution in [2.75, 3.05) is 12.4 Å². The lowest BCUT2D eigenvalue weighted by Crippen LogP contribution is -2.45. The fraction of sp³-hybridized carbons (Fsp3) is 0.333. The smallest absolute Gasteiger partial charge is 0.303 e. The van der Waals surface area contributed by atoms with Gasteiger partial charge >= 0.3 is 11.9 Å². The minimum absolute atomic E-state index is 0.0236. The van der Waals surface area contributed by atoms with Crippen molar-refractivity contribution in [2.24, 2.45) is 0 Å². The van der Waals surface area contributed by atoms with Crippen LogP contribution in [0.25, 0.3) is 11.3 Å². The Morgan fingerprint density at radius 1 is 1.09 bits per heavy atom. The minimum Gasteiger partial charge on any atom is -0.465 e. The molecule has 4 rings (SSSR count). The highest BCUT2D eigenvalue weighted by molar-refractivity contribution is 8.17. The van der Waals surface area contributed by atoms with E-state index < -0.39 is 52.4 Å². The number of esters is 2. The number of benzene rings is 2. The summed E-state index contributed by atoms with van der Waals surface area (Å²) in [7, 11) is -0.854. The molecule has 0 aliphatic carbocycles. The van der Waals surface area contributed by atoms with Gasteiger partial charge in [-0.15, -0.1) is 5.10 Å². The molecule has 3 aromatic rings. The molecule has 4 atom stereocenters. The molecule has 1 fully saturated rings. The monoisotopic (exact) mass is 507 g/mol. The summed E-state index contributed by atoms with van der Waals surface area (Å²) in [5.74, 6) is -4.44. The van der Waals surface area contributed by atoms with Crippen molar-refractivity contribution in [1.82, 2.24) is 15.0 Å². The van der Waals surface area contributed by atoms with E-state index in [0.717, 1.165) is 22.8 Å². The van der Waals surface area contributed by atoms with Gasteiger partial charge in [0.15, 0.2) is 17.5 Å². The number of hydrogen-bond acceptors (Lipinski definition) is 6. The third-order valence-corrected chi connectivity index (χ3v) is 8.75. The van der Waals surface area contributed by atoms with Gasteiger partial charge in [0.25, 0.3) is 0 Å².